The van der Waals surface area contributed by atoms with Gasteiger partial charge in [0.25, 0.3) is 5.88 Å². The smallest absolute Gasteiger partial charge is 0.347 e. The molecule has 0 saturated carbocycles. The van der Waals surface area contributed by atoms with Crippen molar-refractivity contribution in [1.29, 1.82) is 0 Å². The lowest BCUT2D eigenvalue weighted by atomic mass is 9.87. The van der Waals surface area contributed by atoms with Crippen LogP contribution in [0.3, 0.4) is 0 Å². The Bertz CT molecular complexity index is 1070. The zero-order chi connectivity index (χ0) is 31.7. The highest BCUT2D eigenvalue weighted by Gasteiger charge is 2.33. The van der Waals surface area contributed by atoms with Gasteiger partial charge in [-0.3, -0.25) is 9.59 Å². The van der Waals surface area contributed by atoms with E-state index in [1.54, 1.807) is 4.90 Å². The van der Waals surface area contributed by atoms with E-state index in [2.05, 4.69) is 8.75 Å². The van der Waals surface area contributed by atoms with Crippen LogP contribution in [0, 0.1) is 5.41 Å². The number of carbonyl (C=O) groups excluding carboxylic acids is 4. The van der Waals surface area contributed by atoms with Crippen LogP contribution in [0.15, 0.2) is 0 Å². The Kier molecular flexibility index (Phi) is 13.0. The highest BCUT2D eigenvalue weighted by Crippen LogP contribution is 2.27. The number of aromatic nitrogens is 2. The molecule has 1 amide bonds. The number of amides is 1. The number of esters is 3. The van der Waals surface area contributed by atoms with Crippen LogP contribution in [-0.4, -0.2) is 101 Å². The van der Waals surface area contributed by atoms with E-state index in [4.69, 9.17) is 23.7 Å². The Hall–Kier alpha value is -3.00. The fourth-order valence-corrected chi connectivity index (χ4v) is 4.51. The van der Waals surface area contributed by atoms with Gasteiger partial charge in [-0.1, -0.05) is 27.2 Å². The summed E-state index contributed by atoms with van der Waals surface area (Å²) in [4.78, 5) is 53.8. The van der Waals surface area contributed by atoms with Crippen molar-refractivity contribution in [3.05, 3.63) is 0 Å². The van der Waals surface area contributed by atoms with Crippen LogP contribution >= 0.6 is 11.7 Å². The first-order valence-corrected chi connectivity index (χ1v) is 14.9. The first kappa shape index (κ1) is 35.2. The van der Waals surface area contributed by atoms with Gasteiger partial charge in [-0.2, -0.15) is 4.37 Å². The van der Waals surface area contributed by atoms with E-state index in [0.717, 1.165) is 18.1 Å². The molecule has 0 aliphatic carbocycles. The summed E-state index contributed by atoms with van der Waals surface area (Å²) in [5.74, 6) is -1.61. The first-order valence-electron chi connectivity index (χ1n) is 14.2. The predicted molar refractivity (Wildman–Crippen MR) is 155 cm³/mol. The molecule has 2 heterocycles. The minimum absolute atomic E-state index is 0.0247. The number of rotatable bonds is 14. The Balaban J connectivity index is 2.08. The highest BCUT2D eigenvalue weighted by molar-refractivity contribution is 6.99. The summed E-state index contributed by atoms with van der Waals surface area (Å²) in [5.41, 5.74) is -0.839. The van der Waals surface area contributed by atoms with Crippen LogP contribution in [0.5, 0.6) is 5.88 Å². The number of morpholine rings is 1. The molecule has 42 heavy (non-hydrogen) atoms. The second kappa shape index (κ2) is 15.5. The van der Waals surface area contributed by atoms with Gasteiger partial charge in [0, 0.05) is 25.6 Å². The van der Waals surface area contributed by atoms with Gasteiger partial charge in [0.2, 0.25) is 11.7 Å². The van der Waals surface area contributed by atoms with E-state index >= 15 is 0 Å². The number of hydrogen-bond acceptors (Lipinski definition) is 13. The van der Waals surface area contributed by atoms with E-state index in [1.807, 2.05) is 46.4 Å². The van der Waals surface area contributed by atoms with Crippen LogP contribution in [-0.2, 0) is 38.1 Å². The van der Waals surface area contributed by atoms with Crippen molar-refractivity contribution < 1.29 is 42.9 Å². The Morgan fingerprint density at radius 2 is 1.57 bits per heavy atom. The number of anilines is 1. The Morgan fingerprint density at radius 3 is 2.14 bits per heavy atom. The minimum Gasteiger partial charge on any atom is -0.470 e. The third-order valence-electron chi connectivity index (χ3n) is 6.86. The molecular weight excluding hydrogens is 568 g/mol. The van der Waals surface area contributed by atoms with Gasteiger partial charge in [0.05, 0.1) is 37.9 Å². The van der Waals surface area contributed by atoms with Gasteiger partial charge in [0.15, 0.2) is 18.3 Å². The van der Waals surface area contributed by atoms with Crippen molar-refractivity contribution >= 4 is 41.4 Å². The summed E-state index contributed by atoms with van der Waals surface area (Å²) in [6, 6.07) is 0. The second-order valence-electron chi connectivity index (χ2n) is 12.1. The van der Waals surface area contributed by atoms with Crippen molar-refractivity contribution in [2.45, 2.75) is 99.0 Å². The number of nitrogens with zero attached hydrogens (tertiary/aromatic N) is 4. The molecule has 238 valence electrons. The molecular formula is C28H46N4O9S. The van der Waals surface area contributed by atoms with Crippen LogP contribution in [0.2, 0.25) is 0 Å². The van der Waals surface area contributed by atoms with Crippen molar-refractivity contribution in [2.75, 3.05) is 44.4 Å². The molecule has 3 atom stereocenters. The van der Waals surface area contributed by atoms with Gasteiger partial charge >= 0.3 is 17.9 Å². The Morgan fingerprint density at radius 1 is 0.976 bits per heavy atom. The molecule has 0 radical (unpaired) electrons. The van der Waals surface area contributed by atoms with E-state index in [9.17, 15) is 19.2 Å². The van der Waals surface area contributed by atoms with Gasteiger partial charge in [-0.15, -0.1) is 4.37 Å². The van der Waals surface area contributed by atoms with Crippen LogP contribution < -0.4 is 9.64 Å². The van der Waals surface area contributed by atoms with E-state index < -0.39 is 41.8 Å². The maximum atomic E-state index is 13.0. The van der Waals surface area contributed by atoms with E-state index in [0.29, 0.717) is 32.1 Å². The van der Waals surface area contributed by atoms with Crippen molar-refractivity contribution in [2.24, 2.45) is 5.41 Å². The number of ether oxygens (including phenoxy) is 5. The fourth-order valence-electron chi connectivity index (χ4n) is 3.99. The predicted octanol–water partition coefficient (Wildman–Crippen LogP) is 3.00. The van der Waals surface area contributed by atoms with E-state index in [1.165, 1.54) is 20.8 Å². The summed E-state index contributed by atoms with van der Waals surface area (Å²) in [7, 11) is 0. The maximum absolute atomic E-state index is 13.0. The number of hydrogen-bond donors (Lipinski definition) is 0. The monoisotopic (exact) mass is 614 g/mol. The van der Waals surface area contributed by atoms with Gasteiger partial charge in [0.1, 0.15) is 6.61 Å². The van der Waals surface area contributed by atoms with Gasteiger partial charge < -0.3 is 33.5 Å². The van der Waals surface area contributed by atoms with E-state index in [-0.39, 0.29) is 36.8 Å². The maximum Gasteiger partial charge on any atom is 0.347 e. The normalized spacial score (nSPS) is 16.2. The molecule has 1 aromatic rings. The lowest BCUT2D eigenvalue weighted by molar-refractivity contribution is -0.180. The highest BCUT2D eigenvalue weighted by atomic mass is 32.1. The summed E-state index contributed by atoms with van der Waals surface area (Å²) in [5, 5.41) is 0. The lowest BCUT2D eigenvalue weighted by Gasteiger charge is -2.37. The molecule has 0 bridgehead atoms. The van der Waals surface area contributed by atoms with Crippen molar-refractivity contribution in [1.82, 2.24) is 13.6 Å². The molecule has 1 aliphatic heterocycles. The molecule has 0 N–H and O–H groups in total. The third kappa shape index (κ3) is 11.0. The molecule has 1 aliphatic rings. The van der Waals surface area contributed by atoms with Crippen LogP contribution in [0.25, 0.3) is 0 Å². The molecule has 1 saturated heterocycles. The second-order valence-corrected chi connectivity index (χ2v) is 12.6. The third-order valence-corrected chi connectivity index (χ3v) is 7.36. The van der Waals surface area contributed by atoms with Crippen LogP contribution in [0.1, 0.15) is 75.2 Å². The first-order chi connectivity index (χ1) is 19.5. The Labute approximate surface area is 252 Å². The molecule has 13 nitrogen and oxygen atoms in total. The minimum atomic E-state index is -1.31. The quantitative estimate of drug-likeness (QED) is 0.224. The topological polar surface area (TPSA) is 147 Å². The fraction of sp³-hybridized carbons (Fsp3) is 0.786. The van der Waals surface area contributed by atoms with Gasteiger partial charge in [-0.25, -0.2) is 9.59 Å². The number of carbonyl (C=O) groups is 4. The molecule has 1 fully saturated rings. The molecule has 0 aromatic carbocycles. The lowest BCUT2D eigenvalue weighted by Crippen LogP contribution is -2.50. The molecule has 2 unspecified atom stereocenters. The SMILES string of the molecule is CCC(C)(C)CC(=O)OC(C)C(=O)OC(C)C(=O)O[C@H](COc1nsnc1N1CCOCC1)CN(C(C)=O)C(C)(C)C. The average Bonchev–Trinajstić information content (AvgIpc) is 3.37. The zero-order valence-corrected chi connectivity index (χ0v) is 27.1. The summed E-state index contributed by atoms with van der Waals surface area (Å²) in [6.45, 7) is 17.9. The summed E-state index contributed by atoms with van der Waals surface area (Å²) < 4.78 is 36.1. The molecule has 14 heteroatoms. The molecule has 1 aromatic heterocycles. The van der Waals surface area contributed by atoms with Crippen molar-refractivity contribution in [3.63, 3.8) is 0 Å². The summed E-state index contributed by atoms with van der Waals surface area (Å²) in [6.07, 6.45) is -2.53. The molecule has 2 rings (SSSR count). The average molecular weight is 615 g/mol. The zero-order valence-electron chi connectivity index (χ0n) is 26.3. The van der Waals surface area contributed by atoms with Gasteiger partial charge in [-0.05, 0) is 40.0 Å². The van der Waals surface area contributed by atoms with Crippen molar-refractivity contribution in [3.8, 4) is 5.88 Å². The summed E-state index contributed by atoms with van der Waals surface area (Å²) >= 11 is 0.998. The van der Waals surface area contributed by atoms with Crippen LogP contribution in [0.4, 0.5) is 5.82 Å². The largest absolute Gasteiger partial charge is 0.470 e. The standard InChI is InChI=1S/C28H46N4O9S/c1-10-28(8,9)15-22(34)39-18(2)25(35)40-19(3)26(36)41-21(16-32(20(4)33)27(5,6)7)17-38-24-23(29-42-30-24)31-11-13-37-14-12-31/h18-19,21H,10-17H2,1-9H3/t18?,19?,21-/m0/s1. The molecule has 0 spiro atoms.